The summed E-state index contributed by atoms with van der Waals surface area (Å²) in [5.41, 5.74) is 3.17. The summed E-state index contributed by atoms with van der Waals surface area (Å²) in [5, 5.41) is 1.93. The van der Waals surface area contributed by atoms with Crippen molar-refractivity contribution in [2.24, 2.45) is 0 Å². The van der Waals surface area contributed by atoms with E-state index in [0.29, 0.717) is 36.8 Å². The molecule has 6 heteroatoms. The van der Waals surface area contributed by atoms with Gasteiger partial charge in [0.2, 0.25) is 0 Å². The Morgan fingerprint density at radius 2 is 2.25 bits per heavy atom. The maximum atomic E-state index is 12.5. The van der Waals surface area contributed by atoms with Crippen LogP contribution < -0.4 is 9.47 Å². The smallest absolute Gasteiger partial charge is 0.257 e. The van der Waals surface area contributed by atoms with E-state index in [4.69, 9.17) is 9.47 Å². The Hall–Kier alpha value is -2.08. The maximum absolute atomic E-state index is 12.5. The molecule has 1 amide bonds. The first kappa shape index (κ1) is 12.9. The standard InChI is InChI=1S/C14H14N2O3S/c1-16(7-10-8-20-9-15-10)14(17)11-3-2-4-12-13(11)19-6-5-18-12/h2-4,8-9H,5-7H2,1H3. The maximum Gasteiger partial charge on any atom is 0.257 e. The lowest BCUT2D eigenvalue weighted by Gasteiger charge is -2.23. The molecule has 1 aromatic carbocycles. The van der Waals surface area contributed by atoms with E-state index in [1.807, 2.05) is 11.4 Å². The van der Waals surface area contributed by atoms with Crippen LogP contribution in [0.2, 0.25) is 0 Å². The van der Waals surface area contributed by atoms with Crippen molar-refractivity contribution >= 4 is 17.2 Å². The first-order valence-corrected chi connectivity index (χ1v) is 7.21. The molecule has 0 bridgehead atoms. The van der Waals surface area contributed by atoms with Gasteiger partial charge in [-0.1, -0.05) is 6.07 Å². The van der Waals surface area contributed by atoms with Crippen molar-refractivity contribution in [1.82, 2.24) is 9.88 Å². The van der Waals surface area contributed by atoms with Gasteiger partial charge in [-0.15, -0.1) is 11.3 Å². The molecular weight excluding hydrogens is 276 g/mol. The number of benzene rings is 1. The van der Waals surface area contributed by atoms with Crippen LogP contribution in [0.5, 0.6) is 11.5 Å². The molecule has 0 saturated carbocycles. The number of nitrogens with zero attached hydrogens (tertiary/aromatic N) is 2. The number of aromatic nitrogens is 1. The zero-order chi connectivity index (χ0) is 13.9. The molecule has 0 atom stereocenters. The minimum atomic E-state index is -0.0969. The summed E-state index contributed by atoms with van der Waals surface area (Å²) in [5.74, 6) is 1.07. The number of carbonyl (C=O) groups is 1. The van der Waals surface area contributed by atoms with Gasteiger partial charge < -0.3 is 14.4 Å². The molecule has 0 unspecified atom stereocenters. The van der Waals surface area contributed by atoms with Crippen LogP contribution in [0.4, 0.5) is 0 Å². The van der Waals surface area contributed by atoms with Gasteiger partial charge in [-0.05, 0) is 12.1 Å². The molecule has 20 heavy (non-hydrogen) atoms. The zero-order valence-corrected chi connectivity index (χ0v) is 11.9. The van der Waals surface area contributed by atoms with Crippen molar-refractivity contribution in [2.45, 2.75) is 6.54 Å². The van der Waals surface area contributed by atoms with Gasteiger partial charge in [0, 0.05) is 12.4 Å². The molecule has 0 saturated heterocycles. The van der Waals surface area contributed by atoms with Crippen LogP contribution in [0.25, 0.3) is 0 Å². The van der Waals surface area contributed by atoms with E-state index in [-0.39, 0.29) is 5.91 Å². The zero-order valence-electron chi connectivity index (χ0n) is 11.0. The Bertz CT molecular complexity index is 613. The largest absolute Gasteiger partial charge is 0.486 e. The molecule has 104 valence electrons. The molecule has 0 spiro atoms. The van der Waals surface area contributed by atoms with Crippen LogP contribution in [-0.2, 0) is 6.54 Å². The number of amides is 1. The molecular formula is C14H14N2O3S. The first-order chi connectivity index (χ1) is 9.75. The second kappa shape index (κ2) is 5.50. The lowest BCUT2D eigenvalue weighted by Crippen LogP contribution is -2.28. The van der Waals surface area contributed by atoms with Crippen molar-refractivity contribution in [3.63, 3.8) is 0 Å². The second-order valence-electron chi connectivity index (χ2n) is 4.47. The van der Waals surface area contributed by atoms with Gasteiger partial charge >= 0.3 is 0 Å². The van der Waals surface area contributed by atoms with Gasteiger partial charge in [-0.25, -0.2) is 4.98 Å². The van der Waals surface area contributed by atoms with E-state index in [2.05, 4.69) is 4.98 Å². The summed E-state index contributed by atoms with van der Waals surface area (Å²) in [7, 11) is 1.75. The lowest BCUT2D eigenvalue weighted by atomic mass is 10.1. The highest BCUT2D eigenvalue weighted by molar-refractivity contribution is 7.07. The summed E-state index contributed by atoms with van der Waals surface area (Å²) < 4.78 is 11.1. The summed E-state index contributed by atoms with van der Waals surface area (Å²) in [6.07, 6.45) is 0. The average molecular weight is 290 g/mol. The topological polar surface area (TPSA) is 51.7 Å². The predicted molar refractivity (Wildman–Crippen MR) is 75.3 cm³/mol. The second-order valence-corrected chi connectivity index (χ2v) is 5.19. The van der Waals surface area contributed by atoms with Crippen molar-refractivity contribution < 1.29 is 14.3 Å². The fourth-order valence-corrected chi connectivity index (χ4v) is 2.63. The van der Waals surface area contributed by atoms with Gasteiger partial charge in [0.25, 0.3) is 5.91 Å². The Kier molecular flexibility index (Phi) is 3.56. The van der Waals surface area contributed by atoms with Crippen LogP contribution in [0.15, 0.2) is 29.1 Å². The third kappa shape index (κ3) is 2.46. The van der Waals surface area contributed by atoms with E-state index in [1.54, 1.807) is 29.6 Å². The number of fused-ring (bicyclic) bond motifs is 1. The Morgan fingerprint density at radius 1 is 1.40 bits per heavy atom. The minimum absolute atomic E-state index is 0.0969. The van der Waals surface area contributed by atoms with Gasteiger partial charge in [0.1, 0.15) is 13.2 Å². The molecule has 2 aromatic rings. The quantitative estimate of drug-likeness (QED) is 0.869. The van der Waals surface area contributed by atoms with E-state index < -0.39 is 0 Å². The number of hydrogen-bond donors (Lipinski definition) is 0. The van der Waals surface area contributed by atoms with Crippen LogP contribution in [0, 0.1) is 0 Å². The van der Waals surface area contributed by atoms with E-state index in [0.717, 1.165) is 5.69 Å². The Labute approximate surface area is 120 Å². The monoisotopic (exact) mass is 290 g/mol. The third-order valence-electron chi connectivity index (χ3n) is 3.03. The molecule has 2 heterocycles. The Balaban J connectivity index is 1.83. The molecule has 3 rings (SSSR count). The van der Waals surface area contributed by atoms with Gasteiger partial charge in [-0.3, -0.25) is 4.79 Å². The summed E-state index contributed by atoms with van der Waals surface area (Å²) >= 11 is 1.52. The summed E-state index contributed by atoms with van der Waals surface area (Å²) in [6.45, 7) is 1.46. The number of rotatable bonds is 3. The molecule has 0 N–H and O–H groups in total. The SMILES string of the molecule is CN(Cc1cscn1)C(=O)c1cccc2c1OCCO2. The number of thiazole rings is 1. The van der Waals surface area contributed by atoms with E-state index in [9.17, 15) is 4.79 Å². The van der Waals surface area contributed by atoms with Crippen molar-refractivity contribution in [3.05, 3.63) is 40.3 Å². The molecule has 1 aliphatic rings. The van der Waals surface area contributed by atoms with Gasteiger partial charge in [-0.2, -0.15) is 0 Å². The normalized spacial score (nSPS) is 13.1. The van der Waals surface area contributed by atoms with Crippen LogP contribution >= 0.6 is 11.3 Å². The lowest BCUT2D eigenvalue weighted by molar-refractivity contribution is 0.0773. The van der Waals surface area contributed by atoms with Crippen molar-refractivity contribution in [1.29, 1.82) is 0 Å². The highest BCUT2D eigenvalue weighted by Gasteiger charge is 2.22. The van der Waals surface area contributed by atoms with E-state index in [1.165, 1.54) is 11.3 Å². The molecule has 0 radical (unpaired) electrons. The minimum Gasteiger partial charge on any atom is -0.486 e. The molecule has 0 fully saturated rings. The van der Waals surface area contributed by atoms with Crippen LogP contribution in [0.3, 0.4) is 0 Å². The van der Waals surface area contributed by atoms with Gasteiger partial charge in [0.05, 0.1) is 23.3 Å². The van der Waals surface area contributed by atoms with Crippen LogP contribution in [-0.4, -0.2) is 36.1 Å². The predicted octanol–water partition coefficient (Wildman–Crippen LogP) is 2.19. The molecule has 0 aliphatic carbocycles. The Morgan fingerprint density at radius 3 is 3.05 bits per heavy atom. The number of hydrogen-bond acceptors (Lipinski definition) is 5. The number of para-hydroxylation sites is 1. The highest BCUT2D eigenvalue weighted by atomic mass is 32.1. The summed E-state index contributed by atoms with van der Waals surface area (Å²) in [4.78, 5) is 18.3. The molecule has 5 nitrogen and oxygen atoms in total. The molecule has 1 aromatic heterocycles. The molecule has 1 aliphatic heterocycles. The fraction of sp³-hybridized carbons (Fsp3) is 0.286. The van der Waals surface area contributed by atoms with Gasteiger partial charge in [0.15, 0.2) is 11.5 Å². The highest BCUT2D eigenvalue weighted by Crippen LogP contribution is 2.34. The number of ether oxygens (including phenoxy) is 2. The van der Waals surface area contributed by atoms with Crippen LogP contribution in [0.1, 0.15) is 16.1 Å². The average Bonchev–Trinajstić information content (AvgIpc) is 2.99. The summed E-state index contributed by atoms with van der Waals surface area (Å²) in [6, 6.07) is 5.37. The third-order valence-corrected chi connectivity index (χ3v) is 3.66. The first-order valence-electron chi connectivity index (χ1n) is 6.27. The fourth-order valence-electron chi connectivity index (χ4n) is 2.08. The van der Waals surface area contributed by atoms with Crippen molar-refractivity contribution in [2.75, 3.05) is 20.3 Å². The van der Waals surface area contributed by atoms with E-state index >= 15 is 0 Å². The number of carbonyl (C=O) groups excluding carboxylic acids is 1. The van der Waals surface area contributed by atoms with Crippen molar-refractivity contribution in [3.8, 4) is 11.5 Å².